The molecule has 1 aliphatic heterocycles. The van der Waals surface area contributed by atoms with Crippen LogP contribution in [0.3, 0.4) is 0 Å². The van der Waals surface area contributed by atoms with Crippen LogP contribution in [0, 0.1) is 11.2 Å². The van der Waals surface area contributed by atoms with Crippen LogP contribution in [0.15, 0.2) is 18.2 Å². The number of nitrogens with zero attached hydrogens (tertiary/aromatic N) is 2. The van der Waals surface area contributed by atoms with Crippen molar-refractivity contribution in [3.05, 3.63) is 29.6 Å². The van der Waals surface area contributed by atoms with Crippen molar-refractivity contribution in [1.82, 2.24) is 4.90 Å². The maximum absolute atomic E-state index is 14.1. The molecule has 1 saturated heterocycles. The minimum absolute atomic E-state index is 0.108. The molecule has 22 heavy (non-hydrogen) atoms. The van der Waals surface area contributed by atoms with Crippen LogP contribution in [0.4, 0.5) is 10.1 Å². The fraction of sp³-hybridized carbons (Fsp3) is 0.500. The number of primary amides is 1. The van der Waals surface area contributed by atoms with Gasteiger partial charge in [0.25, 0.3) is 0 Å². The Bertz CT molecular complexity index is 588. The van der Waals surface area contributed by atoms with E-state index in [-0.39, 0.29) is 11.5 Å². The highest BCUT2D eigenvalue weighted by molar-refractivity contribution is 5.93. The summed E-state index contributed by atoms with van der Waals surface area (Å²) in [5.41, 5.74) is 5.33. The quantitative estimate of drug-likeness (QED) is 0.903. The summed E-state index contributed by atoms with van der Waals surface area (Å²) < 4.78 is 14.1. The molecule has 2 amide bonds. The van der Waals surface area contributed by atoms with Crippen molar-refractivity contribution in [3.8, 4) is 0 Å². The molecule has 0 bridgehead atoms. The Morgan fingerprint density at radius 2 is 1.73 bits per heavy atom. The first-order valence-electron chi connectivity index (χ1n) is 7.34. The molecule has 120 valence electrons. The number of nitrogens with two attached hydrogens (primary N) is 1. The summed E-state index contributed by atoms with van der Waals surface area (Å²) >= 11 is 0. The van der Waals surface area contributed by atoms with Crippen LogP contribution in [0.1, 0.15) is 31.1 Å². The van der Waals surface area contributed by atoms with Crippen molar-refractivity contribution < 1.29 is 14.0 Å². The molecule has 0 spiro atoms. The number of carbonyl (C=O) groups is 2. The zero-order chi connectivity index (χ0) is 16.5. The van der Waals surface area contributed by atoms with Gasteiger partial charge in [-0.25, -0.2) is 4.39 Å². The molecule has 1 heterocycles. The maximum Gasteiger partial charge on any atom is 0.248 e. The monoisotopic (exact) mass is 307 g/mol. The molecule has 2 N–H and O–H groups in total. The molecule has 1 aromatic carbocycles. The lowest BCUT2D eigenvalue weighted by Crippen LogP contribution is -2.51. The summed E-state index contributed by atoms with van der Waals surface area (Å²) in [6.07, 6.45) is 0. The maximum atomic E-state index is 14.1. The number of benzene rings is 1. The molecule has 2 rings (SSSR count). The fourth-order valence-electron chi connectivity index (χ4n) is 2.54. The molecular weight excluding hydrogens is 285 g/mol. The predicted octanol–water partition coefficient (Wildman–Crippen LogP) is 1.62. The Labute approximate surface area is 129 Å². The van der Waals surface area contributed by atoms with Gasteiger partial charge in [0, 0.05) is 37.2 Å². The van der Waals surface area contributed by atoms with Gasteiger partial charge in [-0.1, -0.05) is 20.8 Å². The molecular formula is C16H22FN3O2. The van der Waals surface area contributed by atoms with E-state index in [1.165, 1.54) is 6.07 Å². The van der Waals surface area contributed by atoms with E-state index >= 15 is 0 Å². The average Bonchev–Trinajstić information content (AvgIpc) is 2.45. The van der Waals surface area contributed by atoms with Crippen LogP contribution in [-0.2, 0) is 4.79 Å². The van der Waals surface area contributed by atoms with E-state index in [2.05, 4.69) is 0 Å². The van der Waals surface area contributed by atoms with Gasteiger partial charge in [0.1, 0.15) is 5.82 Å². The van der Waals surface area contributed by atoms with Crippen molar-refractivity contribution in [1.29, 1.82) is 0 Å². The van der Waals surface area contributed by atoms with Gasteiger partial charge < -0.3 is 15.5 Å². The van der Waals surface area contributed by atoms with Crippen molar-refractivity contribution in [2.45, 2.75) is 20.8 Å². The van der Waals surface area contributed by atoms with Crippen LogP contribution in [0.2, 0.25) is 0 Å². The summed E-state index contributed by atoms with van der Waals surface area (Å²) in [7, 11) is 0. The van der Waals surface area contributed by atoms with E-state index in [4.69, 9.17) is 5.73 Å². The number of hydrogen-bond acceptors (Lipinski definition) is 3. The van der Waals surface area contributed by atoms with E-state index in [1.54, 1.807) is 6.07 Å². The van der Waals surface area contributed by atoms with Gasteiger partial charge in [0.05, 0.1) is 5.69 Å². The second-order valence-corrected chi connectivity index (χ2v) is 6.56. The summed E-state index contributed by atoms with van der Waals surface area (Å²) in [4.78, 5) is 27.0. The Kier molecular flexibility index (Phi) is 4.39. The lowest BCUT2D eigenvalue weighted by atomic mass is 9.94. The van der Waals surface area contributed by atoms with E-state index in [0.29, 0.717) is 31.9 Å². The van der Waals surface area contributed by atoms with Gasteiger partial charge in [-0.05, 0) is 18.2 Å². The van der Waals surface area contributed by atoms with Crippen LogP contribution in [0.5, 0.6) is 0 Å². The Hall–Kier alpha value is -2.11. The number of carbonyl (C=O) groups excluding carboxylic acids is 2. The summed E-state index contributed by atoms with van der Waals surface area (Å²) in [5.74, 6) is -1.00. The fourth-order valence-corrected chi connectivity index (χ4v) is 2.54. The first-order valence-corrected chi connectivity index (χ1v) is 7.34. The van der Waals surface area contributed by atoms with Gasteiger partial charge in [0.2, 0.25) is 11.8 Å². The molecule has 1 aromatic rings. The summed E-state index contributed by atoms with van der Waals surface area (Å²) in [6.45, 7) is 7.93. The summed E-state index contributed by atoms with van der Waals surface area (Å²) in [6, 6.07) is 4.24. The SMILES string of the molecule is CC(C)(C)C(=O)N1CCN(c2ccc(C(N)=O)cc2F)CC1. The Morgan fingerprint density at radius 1 is 1.14 bits per heavy atom. The first kappa shape index (κ1) is 16.3. The van der Waals surface area contributed by atoms with E-state index in [9.17, 15) is 14.0 Å². The molecule has 0 aromatic heterocycles. The van der Waals surface area contributed by atoms with Crippen LogP contribution in [0.25, 0.3) is 0 Å². The number of rotatable bonds is 2. The molecule has 1 fully saturated rings. The van der Waals surface area contributed by atoms with Gasteiger partial charge in [-0.3, -0.25) is 9.59 Å². The predicted molar refractivity (Wildman–Crippen MR) is 83.2 cm³/mol. The van der Waals surface area contributed by atoms with E-state index in [0.717, 1.165) is 6.07 Å². The lowest BCUT2D eigenvalue weighted by Gasteiger charge is -2.38. The Morgan fingerprint density at radius 3 is 2.18 bits per heavy atom. The standard InChI is InChI=1S/C16H22FN3O2/c1-16(2,3)15(22)20-8-6-19(7-9-20)13-5-4-11(14(18)21)10-12(13)17/h4-5,10H,6-9H2,1-3H3,(H2,18,21). The number of hydrogen-bond donors (Lipinski definition) is 1. The summed E-state index contributed by atoms with van der Waals surface area (Å²) in [5, 5.41) is 0. The highest BCUT2D eigenvalue weighted by Crippen LogP contribution is 2.24. The van der Waals surface area contributed by atoms with Crippen molar-refractivity contribution in [2.75, 3.05) is 31.1 Å². The zero-order valence-electron chi connectivity index (χ0n) is 13.2. The second kappa shape index (κ2) is 5.94. The molecule has 0 aliphatic carbocycles. The number of halogens is 1. The smallest absolute Gasteiger partial charge is 0.248 e. The van der Waals surface area contributed by atoms with Crippen molar-refractivity contribution in [3.63, 3.8) is 0 Å². The topological polar surface area (TPSA) is 66.6 Å². The van der Waals surface area contributed by atoms with Crippen LogP contribution in [-0.4, -0.2) is 42.9 Å². The molecule has 0 atom stereocenters. The minimum atomic E-state index is -0.647. The van der Waals surface area contributed by atoms with Crippen LogP contribution >= 0.6 is 0 Å². The molecule has 0 radical (unpaired) electrons. The molecule has 1 aliphatic rings. The van der Waals surface area contributed by atoms with E-state index in [1.807, 2.05) is 30.6 Å². The first-order chi connectivity index (χ1) is 10.2. The lowest BCUT2D eigenvalue weighted by molar-refractivity contribution is -0.139. The Balaban J connectivity index is 2.06. The largest absolute Gasteiger partial charge is 0.366 e. The van der Waals surface area contributed by atoms with Gasteiger partial charge in [0.15, 0.2) is 0 Å². The van der Waals surface area contributed by atoms with Crippen molar-refractivity contribution in [2.24, 2.45) is 11.1 Å². The average molecular weight is 307 g/mol. The molecule has 0 saturated carbocycles. The molecule has 5 nitrogen and oxygen atoms in total. The minimum Gasteiger partial charge on any atom is -0.366 e. The van der Waals surface area contributed by atoms with Gasteiger partial charge >= 0.3 is 0 Å². The van der Waals surface area contributed by atoms with Gasteiger partial charge in [-0.15, -0.1) is 0 Å². The highest BCUT2D eigenvalue weighted by Gasteiger charge is 2.30. The number of piperazine rings is 1. The van der Waals surface area contributed by atoms with Crippen molar-refractivity contribution >= 4 is 17.5 Å². The number of amides is 2. The third kappa shape index (κ3) is 3.37. The van der Waals surface area contributed by atoms with Gasteiger partial charge in [-0.2, -0.15) is 0 Å². The highest BCUT2D eigenvalue weighted by atomic mass is 19.1. The molecule has 6 heteroatoms. The van der Waals surface area contributed by atoms with Crippen LogP contribution < -0.4 is 10.6 Å². The third-order valence-corrected chi connectivity index (χ3v) is 3.78. The normalized spacial score (nSPS) is 15.8. The second-order valence-electron chi connectivity index (χ2n) is 6.56. The molecule has 0 unspecified atom stereocenters. The third-order valence-electron chi connectivity index (χ3n) is 3.78. The number of anilines is 1. The van der Waals surface area contributed by atoms with E-state index < -0.39 is 17.1 Å². The zero-order valence-corrected chi connectivity index (χ0v) is 13.2.